The predicted octanol–water partition coefficient (Wildman–Crippen LogP) is 2.83. The molecule has 0 spiro atoms. The number of carboxylic acid groups (broad SMARTS) is 1. The number of aliphatic carboxylic acids is 1. The molecule has 0 unspecified atom stereocenters. The minimum Gasteiger partial charge on any atom is -0.492 e. The van der Waals surface area contributed by atoms with Crippen LogP contribution in [-0.2, 0) is 4.79 Å². The Kier molecular flexibility index (Phi) is 3.10. The molecule has 88 valence electrons. The summed E-state index contributed by atoms with van der Waals surface area (Å²) in [5.41, 5.74) is 1.27. The van der Waals surface area contributed by atoms with Gasteiger partial charge in [-0.15, -0.1) is 12.6 Å². The van der Waals surface area contributed by atoms with Crippen LogP contribution in [0.1, 0.15) is 5.56 Å². The van der Waals surface area contributed by atoms with E-state index in [1.807, 2.05) is 0 Å². The minimum atomic E-state index is -1.01. The van der Waals surface area contributed by atoms with Gasteiger partial charge in [-0.3, -0.25) is 0 Å². The van der Waals surface area contributed by atoms with Crippen LogP contribution in [0.3, 0.4) is 0 Å². The second kappa shape index (κ2) is 4.55. The lowest BCUT2D eigenvalue weighted by atomic mass is 10.1. The molecule has 2 rings (SSSR count). The maximum Gasteiger partial charge on any atom is 0.328 e. The normalized spacial score (nSPS) is 11.2. The van der Waals surface area contributed by atoms with Crippen LogP contribution in [0.25, 0.3) is 17.0 Å². The molecule has 17 heavy (non-hydrogen) atoms. The summed E-state index contributed by atoms with van der Waals surface area (Å²) in [4.78, 5) is 11.0. The van der Waals surface area contributed by atoms with E-state index >= 15 is 0 Å². The highest BCUT2D eigenvalue weighted by atomic mass is 32.1. The highest BCUT2D eigenvalue weighted by Gasteiger charge is 2.12. The van der Waals surface area contributed by atoms with Gasteiger partial charge in [-0.1, -0.05) is 0 Å². The monoisotopic (exact) mass is 250 g/mol. The van der Waals surface area contributed by atoms with E-state index in [-0.39, 0.29) is 0 Å². The van der Waals surface area contributed by atoms with Crippen LogP contribution in [0.4, 0.5) is 0 Å². The molecular weight excluding hydrogens is 240 g/mol. The Morgan fingerprint density at radius 1 is 1.59 bits per heavy atom. The molecule has 1 N–H and O–H groups in total. The standard InChI is InChI=1S/C12H10O4S/c1-15-11-10-7(4-5-16-10)6-8(12(11)17)2-3-9(13)14/h2-6,17H,1H3,(H,13,14)/b3-2+. The second-order valence-electron chi connectivity index (χ2n) is 3.36. The van der Waals surface area contributed by atoms with Gasteiger partial charge in [0, 0.05) is 11.5 Å². The van der Waals surface area contributed by atoms with Crippen molar-refractivity contribution in [2.75, 3.05) is 7.11 Å². The molecule has 0 bridgehead atoms. The highest BCUT2D eigenvalue weighted by molar-refractivity contribution is 7.80. The number of benzene rings is 1. The molecule has 0 radical (unpaired) electrons. The number of ether oxygens (including phenoxy) is 1. The lowest BCUT2D eigenvalue weighted by molar-refractivity contribution is -0.131. The smallest absolute Gasteiger partial charge is 0.328 e. The average molecular weight is 250 g/mol. The number of carbonyl (C=O) groups is 1. The van der Waals surface area contributed by atoms with Crippen molar-refractivity contribution >= 4 is 35.6 Å². The Balaban J connectivity index is 2.63. The first-order valence-corrected chi connectivity index (χ1v) is 5.26. The van der Waals surface area contributed by atoms with Crippen molar-refractivity contribution in [1.82, 2.24) is 0 Å². The zero-order valence-electron chi connectivity index (χ0n) is 9.01. The highest BCUT2D eigenvalue weighted by Crippen LogP contribution is 2.36. The Hall–Kier alpha value is -1.88. The van der Waals surface area contributed by atoms with Gasteiger partial charge in [-0.2, -0.15) is 0 Å². The van der Waals surface area contributed by atoms with Crippen molar-refractivity contribution in [1.29, 1.82) is 0 Å². The van der Waals surface area contributed by atoms with Crippen molar-refractivity contribution in [2.45, 2.75) is 4.90 Å². The fourth-order valence-electron chi connectivity index (χ4n) is 1.57. The first-order chi connectivity index (χ1) is 8.13. The molecule has 2 aromatic rings. The van der Waals surface area contributed by atoms with Crippen LogP contribution in [-0.4, -0.2) is 18.2 Å². The van der Waals surface area contributed by atoms with Crippen molar-refractivity contribution in [2.24, 2.45) is 0 Å². The zero-order valence-corrected chi connectivity index (χ0v) is 9.90. The fourth-order valence-corrected chi connectivity index (χ4v) is 1.90. The number of carboxylic acids is 1. The Morgan fingerprint density at radius 3 is 3.00 bits per heavy atom. The van der Waals surface area contributed by atoms with E-state index in [2.05, 4.69) is 12.6 Å². The Bertz CT molecular complexity index is 598. The van der Waals surface area contributed by atoms with Crippen LogP contribution in [0.15, 0.2) is 33.8 Å². The average Bonchev–Trinajstić information content (AvgIpc) is 2.74. The minimum absolute atomic E-state index is 0.501. The molecule has 4 nitrogen and oxygen atoms in total. The van der Waals surface area contributed by atoms with Crippen molar-refractivity contribution in [3.05, 3.63) is 30.0 Å². The number of methoxy groups -OCH3 is 1. The molecule has 0 aliphatic carbocycles. The number of furan rings is 1. The van der Waals surface area contributed by atoms with Gasteiger partial charge in [0.2, 0.25) is 0 Å². The maximum absolute atomic E-state index is 10.5. The molecule has 1 aromatic carbocycles. The number of hydrogen-bond donors (Lipinski definition) is 2. The molecule has 1 heterocycles. The van der Waals surface area contributed by atoms with Gasteiger partial charge < -0.3 is 14.3 Å². The van der Waals surface area contributed by atoms with Crippen molar-refractivity contribution in [3.8, 4) is 5.75 Å². The van der Waals surface area contributed by atoms with Crippen LogP contribution in [0.2, 0.25) is 0 Å². The number of fused-ring (bicyclic) bond motifs is 1. The van der Waals surface area contributed by atoms with Gasteiger partial charge in [0.15, 0.2) is 11.3 Å². The molecule has 0 fully saturated rings. The van der Waals surface area contributed by atoms with E-state index in [4.69, 9.17) is 14.3 Å². The van der Waals surface area contributed by atoms with E-state index in [1.54, 1.807) is 18.4 Å². The van der Waals surface area contributed by atoms with Gasteiger partial charge >= 0.3 is 5.97 Å². The summed E-state index contributed by atoms with van der Waals surface area (Å²) in [6.07, 6.45) is 4.07. The zero-order chi connectivity index (χ0) is 12.4. The van der Waals surface area contributed by atoms with Crippen LogP contribution in [0.5, 0.6) is 5.75 Å². The third kappa shape index (κ3) is 2.14. The van der Waals surface area contributed by atoms with Gasteiger partial charge in [-0.25, -0.2) is 4.79 Å². The summed E-state index contributed by atoms with van der Waals surface area (Å²) >= 11 is 4.32. The molecule has 0 aliphatic heterocycles. The number of hydrogen-bond acceptors (Lipinski definition) is 4. The summed E-state index contributed by atoms with van der Waals surface area (Å²) in [6, 6.07) is 3.58. The molecule has 0 aliphatic rings. The molecule has 0 atom stereocenters. The summed E-state index contributed by atoms with van der Waals surface area (Å²) in [7, 11) is 1.52. The maximum atomic E-state index is 10.5. The first kappa shape index (κ1) is 11.6. The van der Waals surface area contributed by atoms with Gasteiger partial charge in [0.25, 0.3) is 0 Å². The predicted molar refractivity (Wildman–Crippen MR) is 66.7 cm³/mol. The molecule has 0 amide bonds. The van der Waals surface area contributed by atoms with Crippen molar-refractivity contribution < 1.29 is 19.1 Å². The molecule has 0 saturated carbocycles. The first-order valence-electron chi connectivity index (χ1n) is 4.81. The van der Waals surface area contributed by atoms with Gasteiger partial charge in [0.1, 0.15) is 0 Å². The van der Waals surface area contributed by atoms with E-state index in [0.717, 1.165) is 11.5 Å². The van der Waals surface area contributed by atoms with E-state index < -0.39 is 5.97 Å². The lowest BCUT2D eigenvalue weighted by Gasteiger charge is -2.07. The topological polar surface area (TPSA) is 59.7 Å². The van der Waals surface area contributed by atoms with Crippen LogP contribution < -0.4 is 4.74 Å². The van der Waals surface area contributed by atoms with Crippen LogP contribution >= 0.6 is 12.6 Å². The third-order valence-electron chi connectivity index (χ3n) is 2.31. The summed E-state index contributed by atoms with van der Waals surface area (Å²) in [5.74, 6) is -0.509. The Morgan fingerprint density at radius 2 is 2.35 bits per heavy atom. The summed E-state index contributed by atoms with van der Waals surface area (Å²) < 4.78 is 10.5. The summed E-state index contributed by atoms with van der Waals surface area (Å²) in [5, 5.41) is 9.44. The quantitative estimate of drug-likeness (QED) is 0.649. The van der Waals surface area contributed by atoms with E-state index in [9.17, 15) is 4.79 Å². The van der Waals surface area contributed by atoms with Crippen molar-refractivity contribution in [3.63, 3.8) is 0 Å². The number of thiol groups is 1. The molecular formula is C12H10O4S. The van der Waals surface area contributed by atoms with E-state index in [0.29, 0.717) is 21.8 Å². The lowest BCUT2D eigenvalue weighted by Crippen LogP contribution is -1.90. The summed E-state index contributed by atoms with van der Waals surface area (Å²) in [6.45, 7) is 0. The van der Waals surface area contributed by atoms with E-state index in [1.165, 1.54) is 13.2 Å². The largest absolute Gasteiger partial charge is 0.492 e. The van der Waals surface area contributed by atoms with Crippen LogP contribution in [0, 0.1) is 0 Å². The van der Waals surface area contributed by atoms with Gasteiger partial charge in [-0.05, 0) is 23.8 Å². The number of rotatable bonds is 3. The molecule has 1 aromatic heterocycles. The third-order valence-corrected chi connectivity index (χ3v) is 2.77. The second-order valence-corrected chi connectivity index (χ2v) is 3.81. The Labute approximate surface area is 103 Å². The molecule has 0 saturated heterocycles. The SMILES string of the molecule is COc1c(S)c(/C=C/C(=O)O)cc2ccoc12. The molecule has 5 heteroatoms. The fraction of sp³-hybridized carbons (Fsp3) is 0.0833. The van der Waals surface area contributed by atoms with Gasteiger partial charge in [0.05, 0.1) is 18.3 Å².